The van der Waals surface area contributed by atoms with Crippen LogP contribution in [0.1, 0.15) is 20.3 Å². The standard InChI is InChI=1S/C12H20ClN3O2S/c1-3-16(4-2)9-5-8-15-19(17,18)11-6-7-12(13)14-10-11/h6-7,10,15H,3-5,8-9H2,1-2H3. The van der Waals surface area contributed by atoms with Crippen LogP contribution < -0.4 is 4.72 Å². The molecule has 1 aromatic rings. The molecule has 7 heteroatoms. The number of rotatable bonds is 8. The van der Waals surface area contributed by atoms with Gasteiger partial charge in [0.1, 0.15) is 10.0 Å². The Balaban J connectivity index is 2.45. The molecule has 0 saturated heterocycles. The number of nitrogens with zero attached hydrogens (tertiary/aromatic N) is 2. The molecule has 0 spiro atoms. The van der Waals surface area contributed by atoms with Gasteiger partial charge in [0.25, 0.3) is 0 Å². The Labute approximate surface area is 120 Å². The van der Waals surface area contributed by atoms with Crippen molar-refractivity contribution in [3.05, 3.63) is 23.5 Å². The molecule has 1 heterocycles. The summed E-state index contributed by atoms with van der Waals surface area (Å²) in [5.41, 5.74) is 0. The fourth-order valence-corrected chi connectivity index (χ4v) is 2.78. The molecule has 0 aromatic carbocycles. The zero-order chi connectivity index (χ0) is 14.3. The van der Waals surface area contributed by atoms with Gasteiger partial charge in [-0.2, -0.15) is 0 Å². The summed E-state index contributed by atoms with van der Waals surface area (Å²) in [5.74, 6) is 0. The molecule has 1 rings (SSSR count). The normalized spacial score (nSPS) is 12.0. The first-order chi connectivity index (χ1) is 8.99. The van der Waals surface area contributed by atoms with Crippen LogP contribution in [0.4, 0.5) is 0 Å². The molecule has 0 saturated carbocycles. The summed E-state index contributed by atoms with van der Waals surface area (Å²) in [5, 5.41) is 0.278. The molecule has 5 nitrogen and oxygen atoms in total. The van der Waals surface area contributed by atoms with E-state index in [0.29, 0.717) is 6.54 Å². The molecule has 1 N–H and O–H groups in total. The van der Waals surface area contributed by atoms with Gasteiger partial charge < -0.3 is 4.90 Å². The fourth-order valence-electron chi connectivity index (χ4n) is 1.65. The van der Waals surface area contributed by atoms with Crippen LogP contribution in [0.3, 0.4) is 0 Å². The highest BCUT2D eigenvalue weighted by Gasteiger charge is 2.13. The monoisotopic (exact) mass is 305 g/mol. The third-order valence-electron chi connectivity index (χ3n) is 2.85. The van der Waals surface area contributed by atoms with Crippen molar-refractivity contribution in [2.24, 2.45) is 0 Å². The molecule has 0 unspecified atom stereocenters. The van der Waals surface area contributed by atoms with E-state index < -0.39 is 10.0 Å². The van der Waals surface area contributed by atoms with Crippen LogP contribution in [0.5, 0.6) is 0 Å². The SMILES string of the molecule is CCN(CC)CCCNS(=O)(=O)c1ccc(Cl)nc1. The molecule has 0 aliphatic rings. The maximum atomic E-state index is 11.9. The Hall–Kier alpha value is -0.690. The minimum Gasteiger partial charge on any atom is -0.304 e. The van der Waals surface area contributed by atoms with Crippen LogP contribution in [0.25, 0.3) is 0 Å². The van der Waals surface area contributed by atoms with Gasteiger partial charge in [-0.25, -0.2) is 18.1 Å². The molecule has 108 valence electrons. The van der Waals surface area contributed by atoms with Crippen LogP contribution in [-0.4, -0.2) is 44.5 Å². The van der Waals surface area contributed by atoms with Crippen molar-refractivity contribution in [1.82, 2.24) is 14.6 Å². The Morgan fingerprint density at radius 3 is 2.53 bits per heavy atom. The number of hydrogen-bond acceptors (Lipinski definition) is 4. The highest BCUT2D eigenvalue weighted by molar-refractivity contribution is 7.89. The number of halogens is 1. The molecule has 0 aliphatic carbocycles. The van der Waals surface area contributed by atoms with Gasteiger partial charge >= 0.3 is 0 Å². The van der Waals surface area contributed by atoms with Crippen molar-refractivity contribution in [3.8, 4) is 0 Å². The van der Waals surface area contributed by atoms with Crippen LogP contribution >= 0.6 is 11.6 Å². The minimum atomic E-state index is -3.48. The number of hydrogen-bond donors (Lipinski definition) is 1. The van der Waals surface area contributed by atoms with Gasteiger partial charge in [-0.15, -0.1) is 0 Å². The summed E-state index contributed by atoms with van der Waals surface area (Å²) in [6.07, 6.45) is 2.04. The van der Waals surface area contributed by atoms with Gasteiger partial charge in [-0.3, -0.25) is 0 Å². The number of sulfonamides is 1. The Kier molecular flexibility index (Phi) is 6.71. The maximum absolute atomic E-state index is 11.9. The Bertz CT molecular complexity index is 472. The van der Waals surface area contributed by atoms with E-state index in [1.54, 1.807) is 0 Å². The molecule has 0 amide bonds. The zero-order valence-electron chi connectivity index (χ0n) is 11.3. The van der Waals surface area contributed by atoms with Crippen molar-refractivity contribution < 1.29 is 8.42 Å². The van der Waals surface area contributed by atoms with Crippen LogP contribution in [0.15, 0.2) is 23.2 Å². The van der Waals surface area contributed by atoms with Crippen molar-refractivity contribution in [2.75, 3.05) is 26.2 Å². The van der Waals surface area contributed by atoms with Gasteiger partial charge in [0.05, 0.1) is 0 Å². The van der Waals surface area contributed by atoms with Crippen molar-refractivity contribution in [1.29, 1.82) is 0 Å². The lowest BCUT2D eigenvalue weighted by atomic mass is 10.4. The smallest absolute Gasteiger partial charge is 0.242 e. The summed E-state index contributed by atoms with van der Waals surface area (Å²) >= 11 is 5.62. The van der Waals surface area contributed by atoms with Crippen LogP contribution in [-0.2, 0) is 10.0 Å². The van der Waals surface area contributed by atoms with Crippen molar-refractivity contribution in [2.45, 2.75) is 25.2 Å². The van der Waals surface area contributed by atoms with Gasteiger partial charge in [-0.05, 0) is 38.2 Å². The van der Waals surface area contributed by atoms with Gasteiger partial charge in [0.15, 0.2) is 0 Å². The topological polar surface area (TPSA) is 62.3 Å². The second-order valence-electron chi connectivity index (χ2n) is 4.09. The van der Waals surface area contributed by atoms with Gasteiger partial charge in [0.2, 0.25) is 10.0 Å². The van der Waals surface area contributed by atoms with E-state index in [9.17, 15) is 8.42 Å². The second-order valence-corrected chi connectivity index (χ2v) is 6.25. The van der Waals surface area contributed by atoms with Crippen LogP contribution in [0, 0.1) is 0 Å². The second kappa shape index (κ2) is 7.79. The van der Waals surface area contributed by atoms with Crippen molar-refractivity contribution in [3.63, 3.8) is 0 Å². The summed E-state index contributed by atoms with van der Waals surface area (Å²) < 4.78 is 26.4. The Morgan fingerprint density at radius 2 is 2.00 bits per heavy atom. The molecule has 0 atom stereocenters. The van der Waals surface area contributed by atoms with E-state index in [1.165, 1.54) is 18.3 Å². The van der Waals surface area contributed by atoms with E-state index >= 15 is 0 Å². The first kappa shape index (κ1) is 16.4. The van der Waals surface area contributed by atoms with Crippen molar-refractivity contribution >= 4 is 21.6 Å². The average molecular weight is 306 g/mol. The predicted octanol–water partition coefficient (Wildman–Crippen LogP) is 1.75. The summed E-state index contributed by atoms with van der Waals surface area (Å²) in [6, 6.07) is 2.91. The summed E-state index contributed by atoms with van der Waals surface area (Å²) in [4.78, 5) is 6.15. The zero-order valence-corrected chi connectivity index (χ0v) is 12.8. The summed E-state index contributed by atoms with van der Waals surface area (Å²) in [7, 11) is -3.48. The lowest BCUT2D eigenvalue weighted by Crippen LogP contribution is -2.30. The molecule has 1 aromatic heterocycles. The fraction of sp³-hybridized carbons (Fsp3) is 0.583. The van der Waals surface area contributed by atoms with E-state index in [2.05, 4.69) is 28.5 Å². The molecular weight excluding hydrogens is 286 g/mol. The van der Waals surface area contributed by atoms with E-state index in [0.717, 1.165) is 26.1 Å². The average Bonchev–Trinajstić information content (AvgIpc) is 2.39. The quantitative estimate of drug-likeness (QED) is 0.587. The van der Waals surface area contributed by atoms with E-state index in [-0.39, 0.29) is 10.0 Å². The number of pyridine rings is 1. The van der Waals surface area contributed by atoms with E-state index in [4.69, 9.17) is 11.6 Å². The first-order valence-electron chi connectivity index (χ1n) is 6.33. The number of nitrogens with one attached hydrogen (secondary N) is 1. The van der Waals surface area contributed by atoms with Crippen LogP contribution in [0.2, 0.25) is 5.15 Å². The molecule has 0 radical (unpaired) electrons. The largest absolute Gasteiger partial charge is 0.304 e. The highest BCUT2D eigenvalue weighted by Crippen LogP contribution is 2.10. The summed E-state index contributed by atoms with van der Waals surface area (Å²) in [6.45, 7) is 7.44. The van der Waals surface area contributed by atoms with E-state index in [1.807, 2.05) is 0 Å². The molecular formula is C12H20ClN3O2S. The lowest BCUT2D eigenvalue weighted by Gasteiger charge is -2.17. The molecule has 0 aliphatic heterocycles. The maximum Gasteiger partial charge on any atom is 0.242 e. The molecule has 19 heavy (non-hydrogen) atoms. The number of aromatic nitrogens is 1. The third-order valence-corrected chi connectivity index (χ3v) is 4.52. The van der Waals surface area contributed by atoms with Gasteiger partial charge in [0, 0.05) is 12.7 Å². The third kappa shape index (κ3) is 5.44. The van der Waals surface area contributed by atoms with Gasteiger partial charge in [-0.1, -0.05) is 25.4 Å². The first-order valence-corrected chi connectivity index (χ1v) is 8.19. The molecule has 0 bridgehead atoms. The molecule has 0 fully saturated rings. The Morgan fingerprint density at radius 1 is 1.32 bits per heavy atom. The minimum absolute atomic E-state index is 0.139. The lowest BCUT2D eigenvalue weighted by molar-refractivity contribution is 0.300. The predicted molar refractivity (Wildman–Crippen MR) is 76.8 cm³/mol. The highest BCUT2D eigenvalue weighted by atomic mass is 35.5.